The van der Waals surface area contributed by atoms with E-state index in [-0.39, 0.29) is 24.1 Å². The van der Waals surface area contributed by atoms with Crippen LogP contribution in [0.25, 0.3) is 0 Å². The second-order valence-electron chi connectivity index (χ2n) is 3.61. The number of carbonyl (C=O) groups excluding carboxylic acids is 1. The molecule has 0 aromatic rings. The van der Waals surface area contributed by atoms with E-state index >= 15 is 0 Å². The van der Waals surface area contributed by atoms with Gasteiger partial charge in [-0.05, 0) is 25.6 Å². The molecule has 0 aliphatic heterocycles. The molecule has 0 aliphatic rings. The van der Waals surface area contributed by atoms with E-state index in [0.717, 1.165) is 0 Å². The zero-order chi connectivity index (χ0) is 14.3. The molecule has 2 atom stereocenters. The summed E-state index contributed by atoms with van der Waals surface area (Å²) in [6.45, 7) is 2.78. The van der Waals surface area contributed by atoms with Crippen LogP contribution in [-0.4, -0.2) is 41.0 Å². The smallest absolute Gasteiger partial charge is 0.441 e. The number of thioether (sulfide) groups is 1. The molecule has 0 aromatic carbocycles. The average molecular weight is 288 g/mol. The molecule has 0 fully saturated rings. The second-order valence-corrected chi connectivity index (χ2v) is 4.77. The summed E-state index contributed by atoms with van der Waals surface area (Å²) in [6, 6.07) is -1.30. The van der Waals surface area contributed by atoms with Crippen molar-refractivity contribution in [3.63, 3.8) is 0 Å². The first-order chi connectivity index (χ1) is 8.13. The molecule has 0 aromatic heterocycles. The third kappa shape index (κ3) is 8.04. The van der Waals surface area contributed by atoms with Crippen LogP contribution in [0.1, 0.15) is 13.8 Å². The van der Waals surface area contributed by atoms with E-state index in [1.807, 2.05) is 0 Å². The van der Waals surface area contributed by atoms with E-state index in [4.69, 9.17) is 5.11 Å². The van der Waals surface area contributed by atoms with Crippen LogP contribution < -0.4 is 10.6 Å². The van der Waals surface area contributed by atoms with E-state index in [1.54, 1.807) is 0 Å². The van der Waals surface area contributed by atoms with Gasteiger partial charge in [0.25, 0.3) is 0 Å². The molecule has 0 rings (SSSR count). The van der Waals surface area contributed by atoms with Gasteiger partial charge in [0.15, 0.2) is 0 Å². The van der Waals surface area contributed by atoms with Gasteiger partial charge in [-0.3, -0.25) is 4.79 Å². The Balaban J connectivity index is 3.81. The Morgan fingerprint density at radius 3 is 2.33 bits per heavy atom. The Morgan fingerprint density at radius 1 is 1.33 bits per heavy atom. The van der Waals surface area contributed by atoms with Crippen LogP contribution in [0.3, 0.4) is 0 Å². The molecule has 2 unspecified atom stereocenters. The summed E-state index contributed by atoms with van der Waals surface area (Å²) in [6.07, 6.45) is 0. The summed E-state index contributed by atoms with van der Waals surface area (Å²) >= 11 is -0.231. The van der Waals surface area contributed by atoms with E-state index < -0.39 is 29.5 Å². The van der Waals surface area contributed by atoms with Gasteiger partial charge in [0, 0.05) is 18.3 Å². The molecule has 18 heavy (non-hydrogen) atoms. The summed E-state index contributed by atoms with van der Waals surface area (Å²) in [5, 5.41) is 13.2. The maximum atomic E-state index is 11.8. The standard InChI is InChI=1S/C9H15F3N2O3S/c1-5(7(15)16)6(2)14-8(17)13-3-4-18-9(10,11)12/h5-6H,3-4H2,1-2H3,(H,15,16)(H2,13,14,17). The Labute approximate surface area is 106 Å². The van der Waals surface area contributed by atoms with Crippen molar-refractivity contribution in [2.45, 2.75) is 25.4 Å². The topological polar surface area (TPSA) is 78.4 Å². The molecule has 5 nitrogen and oxygen atoms in total. The van der Waals surface area contributed by atoms with E-state index in [9.17, 15) is 22.8 Å². The summed E-state index contributed by atoms with van der Waals surface area (Å²) in [5.41, 5.74) is -4.32. The van der Waals surface area contributed by atoms with Crippen molar-refractivity contribution in [3.8, 4) is 0 Å². The number of amides is 2. The Bertz CT molecular complexity index is 299. The minimum absolute atomic E-state index is 0.149. The highest BCUT2D eigenvalue weighted by molar-refractivity contribution is 8.00. The number of urea groups is 1. The molecule has 106 valence electrons. The lowest BCUT2D eigenvalue weighted by atomic mass is 10.0. The van der Waals surface area contributed by atoms with Crippen LogP contribution >= 0.6 is 11.8 Å². The van der Waals surface area contributed by atoms with Crippen LogP contribution in [-0.2, 0) is 4.79 Å². The molecular weight excluding hydrogens is 273 g/mol. The molecule has 0 spiro atoms. The molecule has 0 radical (unpaired) electrons. The van der Waals surface area contributed by atoms with Gasteiger partial charge >= 0.3 is 17.5 Å². The largest absolute Gasteiger partial charge is 0.481 e. The molecule has 0 saturated carbocycles. The predicted molar refractivity (Wildman–Crippen MR) is 61.3 cm³/mol. The lowest BCUT2D eigenvalue weighted by Crippen LogP contribution is -2.45. The highest BCUT2D eigenvalue weighted by Crippen LogP contribution is 2.29. The maximum absolute atomic E-state index is 11.8. The average Bonchev–Trinajstić information content (AvgIpc) is 2.21. The normalized spacial score (nSPS) is 14.7. The third-order valence-electron chi connectivity index (χ3n) is 2.15. The molecule has 0 aliphatic carbocycles. The molecule has 0 heterocycles. The molecule has 0 saturated heterocycles. The van der Waals surface area contributed by atoms with Crippen LogP contribution in [0, 0.1) is 5.92 Å². The van der Waals surface area contributed by atoms with Gasteiger partial charge in [-0.15, -0.1) is 0 Å². The van der Waals surface area contributed by atoms with Gasteiger partial charge < -0.3 is 15.7 Å². The van der Waals surface area contributed by atoms with Crippen LogP contribution in [0.4, 0.5) is 18.0 Å². The Hall–Kier alpha value is -1.12. The summed E-state index contributed by atoms with van der Waals surface area (Å²) < 4.78 is 35.3. The van der Waals surface area contributed by atoms with Gasteiger partial charge in [-0.2, -0.15) is 13.2 Å². The number of aliphatic carboxylic acids is 1. The molecule has 0 bridgehead atoms. The number of halogens is 3. The van der Waals surface area contributed by atoms with E-state index in [0.29, 0.717) is 0 Å². The van der Waals surface area contributed by atoms with Crippen LogP contribution in [0.5, 0.6) is 0 Å². The van der Waals surface area contributed by atoms with Crippen molar-refractivity contribution in [1.82, 2.24) is 10.6 Å². The summed E-state index contributed by atoms with van der Waals surface area (Å²) in [4.78, 5) is 21.8. The number of carbonyl (C=O) groups is 2. The number of hydrogen-bond donors (Lipinski definition) is 3. The number of carboxylic acids is 1. The zero-order valence-electron chi connectivity index (χ0n) is 9.87. The Morgan fingerprint density at radius 2 is 1.89 bits per heavy atom. The predicted octanol–water partition coefficient (Wildman–Crippen LogP) is 1.65. The van der Waals surface area contributed by atoms with E-state index in [1.165, 1.54) is 13.8 Å². The van der Waals surface area contributed by atoms with Crippen molar-refractivity contribution < 1.29 is 27.9 Å². The van der Waals surface area contributed by atoms with Gasteiger partial charge in [-0.1, -0.05) is 0 Å². The number of carboxylic acid groups (broad SMARTS) is 1. The van der Waals surface area contributed by atoms with Crippen molar-refractivity contribution in [1.29, 1.82) is 0 Å². The van der Waals surface area contributed by atoms with Crippen LogP contribution in [0.15, 0.2) is 0 Å². The first kappa shape index (κ1) is 16.9. The van der Waals surface area contributed by atoms with Crippen molar-refractivity contribution in [3.05, 3.63) is 0 Å². The van der Waals surface area contributed by atoms with Gasteiger partial charge in [-0.25, -0.2) is 4.79 Å². The number of nitrogens with one attached hydrogen (secondary N) is 2. The SMILES string of the molecule is CC(NC(=O)NCCSC(F)(F)F)C(C)C(=O)O. The zero-order valence-corrected chi connectivity index (χ0v) is 10.7. The second kappa shape index (κ2) is 7.34. The van der Waals surface area contributed by atoms with Crippen LogP contribution in [0.2, 0.25) is 0 Å². The van der Waals surface area contributed by atoms with Gasteiger partial charge in [0.2, 0.25) is 0 Å². The van der Waals surface area contributed by atoms with Crippen molar-refractivity contribution >= 4 is 23.8 Å². The summed E-state index contributed by atoms with van der Waals surface area (Å²) in [5.74, 6) is -2.13. The lowest BCUT2D eigenvalue weighted by Gasteiger charge is -2.18. The fourth-order valence-electron chi connectivity index (χ4n) is 0.928. The van der Waals surface area contributed by atoms with Gasteiger partial charge in [0.05, 0.1) is 5.92 Å². The molecular formula is C9H15F3N2O3S. The molecule has 3 N–H and O–H groups in total. The lowest BCUT2D eigenvalue weighted by molar-refractivity contribution is -0.141. The Kier molecular flexibility index (Phi) is 6.89. The number of hydrogen-bond acceptors (Lipinski definition) is 3. The summed E-state index contributed by atoms with van der Waals surface area (Å²) in [7, 11) is 0. The highest BCUT2D eigenvalue weighted by atomic mass is 32.2. The third-order valence-corrected chi connectivity index (χ3v) is 2.89. The minimum Gasteiger partial charge on any atom is -0.481 e. The maximum Gasteiger partial charge on any atom is 0.441 e. The number of alkyl halides is 3. The monoisotopic (exact) mass is 288 g/mol. The highest BCUT2D eigenvalue weighted by Gasteiger charge is 2.27. The minimum atomic E-state index is -4.32. The fourth-order valence-corrected chi connectivity index (χ4v) is 1.36. The molecule has 2 amide bonds. The fraction of sp³-hybridized carbons (Fsp3) is 0.778. The first-order valence-electron chi connectivity index (χ1n) is 5.11. The number of rotatable bonds is 6. The molecule has 9 heteroatoms. The van der Waals surface area contributed by atoms with Crippen molar-refractivity contribution in [2.75, 3.05) is 12.3 Å². The quantitative estimate of drug-likeness (QED) is 0.649. The van der Waals surface area contributed by atoms with E-state index in [2.05, 4.69) is 10.6 Å². The first-order valence-corrected chi connectivity index (χ1v) is 6.10. The van der Waals surface area contributed by atoms with Crippen molar-refractivity contribution in [2.24, 2.45) is 5.92 Å². The van der Waals surface area contributed by atoms with Gasteiger partial charge in [0.1, 0.15) is 0 Å².